The number of benzene rings is 1. The third kappa shape index (κ3) is 2.97. The Balaban J connectivity index is 1.58. The summed E-state index contributed by atoms with van der Waals surface area (Å²) >= 11 is 0. The van der Waals surface area contributed by atoms with Crippen molar-refractivity contribution in [2.24, 2.45) is 22.4 Å². The van der Waals surface area contributed by atoms with Gasteiger partial charge in [-0.05, 0) is 73.0 Å². The first-order valence-electron chi connectivity index (χ1n) is 10.7. The number of ether oxygens (including phenoxy) is 1. The summed E-state index contributed by atoms with van der Waals surface area (Å²) in [5, 5.41) is 25.6. The number of hydrogen-bond donors (Lipinski definition) is 2. The summed E-state index contributed by atoms with van der Waals surface area (Å²) in [7, 11) is 1.58. The lowest BCUT2D eigenvalue weighted by Crippen LogP contribution is -2.45. The fourth-order valence-electron chi connectivity index (χ4n) is 6.16. The number of nitrogens with zero attached hydrogens (tertiary/aromatic N) is 2. The fourth-order valence-corrected chi connectivity index (χ4v) is 6.16. The highest BCUT2D eigenvalue weighted by Gasteiger charge is 2.55. The topological polar surface area (TPSA) is 84.2 Å². The summed E-state index contributed by atoms with van der Waals surface area (Å²) < 4.78 is 5.41. The molecule has 6 nitrogen and oxygen atoms in total. The Labute approximate surface area is 176 Å². The van der Waals surface area contributed by atoms with Crippen LogP contribution < -0.4 is 9.57 Å². The van der Waals surface area contributed by atoms with Gasteiger partial charge in [0.05, 0.1) is 18.9 Å². The highest BCUT2D eigenvalue weighted by atomic mass is 16.6. The largest absolute Gasteiger partial charge is 0.504 e. The van der Waals surface area contributed by atoms with Crippen molar-refractivity contribution in [1.29, 1.82) is 0 Å². The van der Waals surface area contributed by atoms with Gasteiger partial charge in [0.15, 0.2) is 17.2 Å². The molecule has 158 valence electrons. The van der Waals surface area contributed by atoms with Crippen molar-refractivity contribution in [3.63, 3.8) is 0 Å². The van der Waals surface area contributed by atoms with Crippen molar-refractivity contribution in [3.05, 3.63) is 47.8 Å². The number of rotatable bonds is 3. The minimum atomic E-state index is -0.229. The number of aromatic nitrogens is 1. The number of fused-ring (bicyclic) bond motifs is 5. The maximum Gasteiger partial charge on any atom is 0.161 e. The molecule has 2 aromatic rings. The average Bonchev–Trinajstić information content (AvgIpc) is 3.07. The van der Waals surface area contributed by atoms with Crippen LogP contribution in [-0.4, -0.2) is 34.1 Å². The second-order valence-corrected chi connectivity index (χ2v) is 9.14. The van der Waals surface area contributed by atoms with Gasteiger partial charge >= 0.3 is 0 Å². The first kappa shape index (κ1) is 19.4. The van der Waals surface area contributed by atoms with Crippen molar-refractivity contribution in [3.8, 4) is 17.2 Å². The lowest BCUT2D eigenvalue weighted by molar-refractivity contribution is -0.0178. The highest BCUT2D eigenvalue weighted by Crippen LogP contribution is 2.61. The first-order valence-corrected chi connectivity index (χ1v) is 10.7. The van der Waals surface area contributed by atoms with Crippen LogP contribution in [0.25, 0.3) is 0 Å². The van der Waals surface area contributed by atoms with E-state index in [-0.39, 0.29) is 17.3 Å². The van der Waals surface area contributed by atoms with Crippen LogP contribution in [0.3, 0.4) is 0 Å². The minimum Gasteiger partial charge on any atom is -0.504 e. The number of aromatic hydroxyl groups is 1. The Hall–Kier alpha value is -2.60. The van der Waals surface area contributed by atoms with Gasteiger partial charge in [0.2, 0.25) is 0 Å². The molecule has 0 amide bonds. The van der Waals surface area contributed by atoms with Crippen molar-refractivity contribution < 1.29 is 19.8 Å². The number of methoxy groups -OCH3 is 1. The number of phenols is 1. The number of phenolic OH excluding ortho intramolecular Hbond substituents is 1. The second kappa shape index (κ2) is 7.27. The van der Waals surface area contributed by atoms with Crippen LogP contribution in [-0.2, 0) is 0 Å². The van der Waals surface area contributed by atoms with Gasteiger partial charge in [-0.15, -0.1) is 0 Å². The summed E-state index contributed by atoms with van der Waals surface area (Å²) in [4.78, 5) is 9.73. The van der Waals surface area contributed by atoms with E-state index in [4.69, 9.17) is 9.57 Å². The monoisotopic (exact) mass is 408 g/mol. The smallest absolute Gasteiger partial charge is 0.161 e. The molecule has 5 rings (SSSR count). The van der Waals surface area contributed by atoms with E-state index < -0.39 is 0 Å². The molecule has 0 spiro atoms. The third-order valence-electron chi connectivity index (χ3n) is 7.79. The zero-order chi connectivity index (χ0) is 20.9. The van der Waals surface area contributed by atoms with Crippen LogP contribution >= 0.6 is 0 Å². The van der Waals surface area contributed by atoms with Gasteiger partial charge in [0.25, 0.3) is 0 Å². The molecule has 0 radical (unpaired) electrons. The molecule has 1 heterocycles. The number of hydrogen-bond acceptors (Lipinski definition) is 6. The van der Waals surface area contributed by atoms with Gasteiger partial charge in [-0.1, -0.05) is 12.1 Å². The van der Waals surface area contributed by atoms with E-state index in [1.165, 1.54) is 5.56 Å². The number of aliphatic hydroxyl groups excluding tert-OH is 1. The van der Waals surface area contributed by atoms with E-state index in [0.717, 1.165) is 43.4 Å². The number of pyridine rings is 1. The lowest BCUT2D eigenvalue weighted by Gasteiger charge is -2.50. The summed E-state index contributed by atoms with van der Waals surface area (Å²) in [6.45, 7) is 2.25. The van der Waals surface area contributed by atoms with Gasteiger partial charge in [-0.2, -0.15) is 0 Å². The molecule has 3 aliphatic carbocycles. The van der Waals surface area contributed by atoms with E-state index in [9.17, 15) is 10.2 Å². The fraction of sp³-hybridized carbons (Fsp3) is 0.500. The molecule has 2 saturated carbocycles. The molecule has 3 aliphatic rings. The molecule has 1 unspecified atom stereocenters. The van der Waals surface area contributed by atoms with Gasteiger partial charge in [0.1, 0.15) is 0 Å². The normalized spacial score (nSPS) is 33.5. The highest BCUT2D eigenvalue weighted by molar-refractivity contribution is 6.03. The quantitative estimate of drug-likeness (QED) is 0.742. The second-order valence-electron chi connectivity index (χ2n) is 9.14. The Morgan fingerprint density at radius 2 is 1.97 bits per heavy atom. The molecular weight excluding hydrogens is 380 g/mol. The van der Waals surface area contributed by atoms with Crippen LogP contribution in [0.1, 0.15) is 56.1 Å². The van der Waals surface area contributed by atoms with Crippen molar-refractivity contribution in [2.75, 3.05) is 7.11 Å². The number of aliphatic hydroxyl groups is 1. The summed E-state index contributed by atoms with van der Waals surface area (Å²) in [6.07, 6.45) is 7.84. The predicted molar refractivity (Wildman–Crippen MR) is 113 cm³/mol. The van der Waals surface area contributed by atoms with Crippen LogP contribution in [0, 0.1) is 17.3 Å². The van der Waals surface area contributed by atoms with E-state index in [2.05, 4.69) is 17.1 Å². The van der Waals surface area contributed by atoms with Crippen molar-refractivity contribution in [1.82, 2.24) is 4.98 Å². The molecule has 5 atom stereocenters. The minimum absolute atomic E-state index is 0.0310. The van der Waals surface area contributed by atoms with Crippen LogP contribution in [0.5, 0.6) is 17.2 Å². The van der Waals surface area contributed by atoms with E-state index in [1.54, 1.807) is 37.7 Å². The van der Waals surface area contributed by atoms with Gasteiger partial charge in [-0.25, -0.2) is 0 Å². The Kier molecular flexibility index (Phi) is 4.69. The molecule has 0 saturated heterocycles. The van der Waals surface area contributed by atoms with E-state index >= 15 is 0 Å². The molecule has 6 heteroatoms. The molecule has 0 aliphatic heterocycles. The maximum atomic E-state index is 10.7. The van der Waals surface area contributed by atoms with Crippen molar-refractivity contribution in [2.45, 2.75) is 51.0 Å². The molecule has 1 aromatic heterocycles. The Bertz CT molecular complexity index is 977. The predicted octanol–water partition coefficient (Wildman–Crippen LogP) is 4.25. The zero-order valence-electron chi connectivity index (χ0n) is 17.4. The summed E-state index contributed by atoms with van der Waals surface area (Å²) in [5.74, 6) is 2.45. The van der Waals surface area contributed by atoms with E-state index in [1.807, 2.05) is 6.07 Å². The molecule has 2 N–H and O–H groups in total. The van der Waals surface area contributed by atoms with E-state index in [0.29, 0.717) is 29.3 Å². The van der Waals surface area contributed by atoms with Crippen LogP contribution in [0.15, 0.2) is 41.8 Å². The maximum absolute atomic E-state index is 10.7. The summed E-state index contributed by atoms with van der Waals surface area (Å²) in [6, 6.07) is 7.27. The van der Waals surface area contributed by atoms with Gasteiger partial charge < -0.3 is 19.8 Å². The Morgan fingerprint density at radius 3 is 2.73 bits per heavy atom. The van der Waals surface area contributed by atoms with Crippen molar-refractivity contribution >= 4 is 5.71 Å². The first-order chi connectivity index (χ1) is 14.5. The molecular formula is C24H28N2O4. The average molecular weight is 408 g/mol. The van der Waals surface area contributed by atoms with Crippen LogP contribution in [0.2, 0.25) is 0 Å². The molecule has 0 bridgehead atoms. The summed E-state index contributed by atoms with van der Waals surface area (Å²) in [5.41, 5.74) is 2.91. The number of oxime groups is 1. The van der Waals surface area contributed by atoms with Gasteiger partial charge in [-0.3, -0.25) is 4.98 Å². The SMILES string of the molecule is COc1cc2c(cc1O)C(=NOc1ccncc1)C[C@@H]1[C@@H]2CC[C@]2(C)C(O)CC[C@@H]12. The molecule has 2 fully saturated rings. The molecule has 30 heavy (non-hydrogen) atoms. The lowest BCUT2D eigenvalue weighted by atomic mass is 9.55. The molecule has 1 aromatic carbocycles. The zero-order valence-corrected chi connectivity index (χ0v) is 17.4. The van der Waals surface area contributed by atoms with Gasteiger partial charge in [0, 0.05) is 30.1 Å². The third-order valence-corrected chi connectivity index (χ3v) is 7.79. The Morgan fingerprint density at radius 1 is 1.17 bits per heavy atom. The standard InChI is InChI=1S/C24H28N2O4/c1-24-8-5-15-16-13-22(29-2)21(27)12-18(16)20(26-30-14-6-9-25-10-7-14)11-17(15)19(24)3-4-23(24)28/h6-7,9-10,12-13,15,17,19,23,27-28H,3-5,8,11H2,1-2H3/t15-,17-,19+,23?,24+/m1/s1. The van der Waals surface area contributed by atoms with Crippen LogP contribution in [0.4, 0.5) is 0 Å².